The van der Waals surface area contributed by atoms with Gasteiger partial charge in [-0.25, -0.2) is 8.42 Å². The molecule has 8 nitrogen and oxygen atoms in total. The highest BCUT2D eigenvalue weighted by Gasteiger charge is 2.23. The molecule has 33 heavy (non-hydrogen) atoms. The predicted molar refractivity (Wildman–Crippen MR) is 128 cm³/mol. The van der Waals surface area contributed by atoms with Gasteiger partial charge in [0.15, 0.2) is 0 Å². The van der Waals surface area contributed by atoms with Crippen molar-refractivity contribution in [2.45, 2.75) is 38.6 Å². The average molecular weight is 484 g/mol. The summed E-state index contributed by atoms with van der Waals surface area (Å²) in [7, 11) is -3.57. The summed E-state index contributed by atoms with van der Waals surface area (Å²) < 4.78 is 26.6. The number of nitrogens with zero attached hydrogens (tertiary/aromatic N) is 4. The van der Waals surface area contributed by atoms with E-state index in [1.54, 1.807) is 13.8 Å². The zero-order chi connectivity index (χ0) is 24.2. The van der Waals surface area contributed by atoms with Crippen LogP contribution in [0.25, 0.3) is 6.08 Å². The van der Waals surface area contributed by atoms with E-state index < -0.39 is 15.7 Å². The number of carbonyl (C=O) groups is 1. The van der Waals surface area contributed by atoms with Crippen molar-refractivity contribution in [3.8, 4) is 6.07 Å². The van der Waals surface area contributed by atoms with Crippen molar-refractivity contribution in [2.75, 3.05) is 11.1 Å². The molecule has 0 saturated heterocycles. The molecule has 10 heteroatoms. The van der Waals surface area contributed by atoms with E-state index >= 15 is 0 Å². The van der Waals surface area contributed by atoms with Gasteiger partial charge in [-0.15, -0.1) is 10.2 Å². The minimum Gasteiger partial charge on any atom is -0.344 e. The van der Waals surface area contributed by atoms with Crippen LogP contribution in [0.15, 0.2) is 46.3 Å². The van der Waals surface area contributed by atoms with E-state index in [0.29, 0.717) is 6.54 Å². The van der Waals surface area contributed by atoms with E-state index in [1.165, 1.54) is 6.08 Å². The lowest BCUT2D eigenvalue weighted by molar-refractivity contribution is -0.112. The number of hydrogen-bond acceptors (Lipinski definition) is 7. The van der Waals surface area contributed by atoms with Crippen LogP contribution in [0.3, 0.4) is 0 Å². The van der Waals surface area contributed by atoms with E-state index in [1.807, 2.05) is 56.3 Å². The second-order valence-corrected chi connectivity index (χ2v) is 11.3. The fourth-order valence-corrected chi connectivity index (χ4v) is 5.95. The Morgan fingerprint density at radius 2 is 1.94 bits per heavy atom. The van der Waals surface area contributed by atoms with Gasteiger partial charge in [0.05, 0.1) is 5.75 Å². The van der Waals surface area contributed by atoms with Gasteiger partial charge in [0.2, 0.25) is 19.3 Å². The number of aryl methyl sites for hydroxylation is 1. The molecule has 2 heterocycles. The van der Waals surface area contributed by atoms with Crippen LogP contribution in [0.5, 0.6) is 0 Å². The first-order valence-electron chi connectivity index (χ1n) is 10.3. The summed E-state index contributed by atoms with van der Waals surface area (Å²) >= 11 is 0.772. The van der Waals surface area contributed by atoms with Crippen LogP contribution in [0.4, 0.5) is 5.13 Å². The normalized spacial score (nSPS) is 12.1. The molecule has 1 N–H and O–H groups in total. The number of carbonyl (C=O) groups excluding carboxylic acids is 1. The number of hydrogen-bond donors (Lipinski definition) is 1. The van der Waals surface area contributed by atoms with Crippen LogP contribution in [-0.2, 0) is 21.2 Å². The predicted octanol–water partition coefficient (Wildman–Crippen LogP) is 3.98. The Labute approximate surface area is 197 Å². The van der Waals surface area contributed by atoms with Crippen molar-refractivity contribution >= 4 is 38.3 Å². The number of rotatable bonds is 8. The maximum atomic E-state index is 12.7. The van der Waals surface area contributed by atoms with E-state index in [9.17, 15) is 18.5 Å². The number of nitriles is 1. The Kier molecular flexibility index (Phi) is 7.46. The van der Waals surface area contributed by atoms with Gasteiger partial charge in [0.1, 0.15) is 11.6 Å². The first-order valence-corrected chi connectivity index (χ1v) is 12.8. The zero-order valence-electron chi connectivity index (χ0n) is 18.9. The standard InChI is InChI=1S/C23H25N5O3S2/c1-15(2)14-33(30,31)23-27-26-22(32-23)25-21(29)20(12-24)11-19-10-16(3)28(17(19)4)13-18-8-6-5-7-9-18/h5-11,15H,13-14H2,1-4H3,(H,25,26,29)/b20-11-. The third-order valence-electron chi connectivity index (χ3n) is 4.91. The van der Waals surface area contributed by atoms with Crippen molar-refractivity contribution in [3.05, 3.63) is 64.5 Å². The smallest absolute Gasteiger partial charge is 0.268 e. The van der Waals surface area contributed by atoms with Crippen molar-refractivity contribution in [1.82, 2.24) is 14.8 Å². The maximum Gasteiger partial charge on any atom is 0.268 e. The van der Waals surface area contributed by atoms with Crippen molar-refractivity contribution in [2.24, 2.45) is 5.92 Å². The molecule has 0 fully saturated rings. The molecule has 0 spiro atoms. The number of benzene rings is 1. The van der Waals surface area contributed by atoms with E-state index in [0.717, 1.165) is 33.9 Å². The van der Waals surface area contributed by atoms with Crippen LogP contribution in [0.1, 0.15) is 36.4 Å². The van der Waals surface area contributed by atoms with Gasteiger partial charge >= 0.3 is 0 Å². The SMILES string of the molecule is Cc1cc(/C=C(/C#N)C(=O)Nc2nnc(S(=O)(=O)CC(C)C)s2)c(C)n1Cc1ccccc1. The highest BCUT2D eigenvalue weighted by Crippen LogP contribution is 2.24. The lowest BCUT2D eigenvalue weighted by Crippen LogP contribution is -2.13. The molecule has 0 radical (unpaired) electrons. The highest BCUT2D eigenvalue weighted by molar-refractivity contribution is 7.93. The van der Waals surface area contributed by atoms with Gasteiger partial charge in [-0.2, -0.15) is 5.26 Å². The fourth-order valence-electron chi connectivity index (χ4n) is 3.35. The van der Waals surface area contributed by atoms with Crippen molar-refractivity contribution < 1.29 is 13.2 Å². The Balaban J connectivity index is 1.80. The first-order chi connectivity index (χ1) is 15.6. The minimum atomic E-state index is -3.57. The summed E-state index contributed by atoms with van der Waals surface area (Å²) in [5.41, 5.74) is 3.72. The molecule has 2 aromatic heterocycles. The lowest BCUT2D eigenvalue weighted by Gasteiger charge is -2.09. The number of aromatic nitrogens is 3. The van der Waals surface area contributed by atoms with Gasteiger partial charge in [-0.1, -0.05) is 55.5 Å². The molecule has 3 aromatic rings. The summed E-state index contributed by atoms with van der Waals surface area (Å²) in [6.07, 6.45) is 1.52. The van der Waals surface area contributed by atoms with Crippen LogP contribution in [0, 0.1) is 31.1 Å². The first kappa shape index (κ1) is 24.4. The number of nitrogens with one attached hydrogen (secondary N) is 1. The molecule has 172 valence electrons. The van der Waals surface area contributed by atoms with Gasteiger partial charge < -0.3 is 4.57 Å². The topological polar surface area (TPSA) is 118 Å². The summed E-state index contributed by atoms with van der Waals surface area (Å²) in [6.45, 7) is 8.17. The van der Waals surface area contributed by atoms with Gasteiger partial charge in [0, 0.05) is 17.9 Å². The summed E-state index contributed by atoms with van der Waals surface area (Å²) in [4.78, 5) is 12.7. The monoisotopic (exact) mass is 483 g/mol. The number of anilines is 1. The quantitative estimate of drug-likeness (QED) is 0.294. The molecule has 0 aliphatic rings. The Hall–Kier alpha value is -3.29. The molecule has 0 aliphatic heterocycles. The largest absolute Gasteiger partial charge is 0.344 e. The average Bonchev–Trinajstić information content (AvgIpc) is 3.32. The van der Waals surface area contributed by atoms with Gasteiger partial charge in [-0.05, 0) is 43.0 Å². The maximum absolute atomic E-state index is 12.7. The molecule has 0 aliphatic carbocycles. The molecular weight excluding hydrogens is 458 g/mol. The minimum absolute atomic E-state index is 0.0260. The second kappa shape index (κ2) is 10.1. The molecule has 1 amide bonds. The van der Waals surface area contributed by atoms with Crippen LogP contribution < -0.4 is 5.32 Å². The molecule has 0 atom stereocenters. The number of sulfone groups is 1. The molecule has 0 unspecified atom stereocenters. The molecular formula is C23H25N5O3S2. The Morgan fingerprint density at radius 3 is 2.58 bits per heavy atom. The van der Waals surface area contributed by atoms with Crippen LogP contribution in [-0.4, -0.2) is 34.8 Å². The van der Waals surface area contributed by atoms with Crippen LogP contribution >= 0.6 is 11.3 Å². The summed E-state index contributed by atoms with van der Waals surface area (Å²) in [6, 6.07) is 13.8. The van der Waals surface area contributed by atoms with Gasteiger partial charge in [0.25, 0.3) is 5.91 Å². The summed E-state index contributed by atoms with van der Waals surface area (Å²) in [5.74, 6) is -0.794. The number of amides is 1. The van der Waals surface area contributed by atoms with Crippen LogP contribution in [0.2, 0.25) is 0 Å². The Morgan fingerprint density at radius 1 is 1.24 bits per heavy atom. The third kappa shape index (κ3) is 5.94. The zero-order valence-corrected chi connectivity index (χ0v) is 20.5. The molecule has 3 rings (SSSR count). The third-order valence-corrected chi connectivity index (χ3v) is 8.27. The lowest BCUT2D eigenvalue weighted by atomic mass is 10.1. The Bertz CT molecular complexity index is 1330. The highest BCUT2D eigenvalue weighted by atomic mass is 32.2. The van der Waals surface area contributed by atoms with Gasteiger partial charge in [-0.3, -0.25) is 10.1 Å². The summed E-state index contributed by atoms with van der Waals surface area (Å²) in [5, 5.41) is 19.5. The van der Waals surface area contributed by atoms with E-state index in [4.69, 9.17) is 0 Å². The van der Waals surface area contributed by atoms with E-state index in [2.05, 4.69) is 20.1 Å². The molecule has 0 saturated carbocycles. The fraction of sp³-hybridized carbons (Fsp3) is 0.304. The molecule has 1 aromatic carbocycles. The second-order valence-electron chi connectivity index (χ2n) is 8.07. The van der Waals surface area contributed by atoms with Crippen molar-refractivity contribution in [1.29, 1.82) is 5.26 Å². The molecule has 0 bridgehead atoms. The van der Waals surface area contributed by atoms with E-state index in [-0.39, 0.29) is 26.7 Å². The van der Waals surface area contributed by atoms with Crippen molar-refractivity contribution in [3.63, 3.8) is 0 Å².